The fourth-order valence-electron chi connectivity index (χ4n) is 4.09. The summed E-state index contributed by atoms with van der Waals surface area (Å²) in [6, 6.07) is 6.56. The number of benzene rings is 1. The van der Waals surface area contributed by atoms with Gasteiger partial charge in [0, 0.05) is 31.6 Å². The molecule has 2 aromatic rings. The number of aryl methyl sites for hydroxylation is 4. The monoisotopic (exact) mass is 384 g/mol. The van der Waals surface area contributed by atoms with Crippen molar-refractivity contribution in [3.8, 4) is 0 Å². The molecule has 2 unspecified atom stereocenters. The maximum Gasteiger partial charge on any atom is 0.193 e. The minimum atomic E-state index is 0.0629. The molecule has 3 rings (SSSR count). The molecule has 0 radical (unpaired) electrons. The van der Waals surface area contributed by atoms with Crippen LogP contribution in [-0.2, 0) is 4.74 Å². The normalized spacial score (nSPS) is 19.0. The molecule has 2 atom stereocenters. The second kappa shape index (κ2) is 8.78. The highest BCUT2D eigenvalue weighted by Gasteiger charge is 2.26. The van der Waals surface area contributed by atoms with Gasteiger partial charge < -0.3 is 19.5 Å². The minimum Gasteiger partial charge on any atom is -0.370 e. The Labute approximate surface area is 168 Å². The van der Waals surface area contributed by atoms with Crippen LogP contribution in [0.4, 0.5) is 0 Å². The number of nitrogens with one attached hydrogen (secondary N) is 1. The van der Waals surface area contributed by atoms with Crippen molar-refractivity contribution in [3.05, 3.63) is 51.9 Å². The van der Waals surface area contributed by atoms with E-state index in [-0.39, 0.29) is 6.10 Å². The lowest BCUT2D eigenvalue weighted by Gasteiger charge is -2.36. The average molecular weight is 385 g/mol. The Morgan fingerprint density at radius 2 is 2.11 bits per heavy atom. The van der Waals surface area contributed by atoms with Gasteiger partial charge in [0.1, 0.15) is 11.9 Å². The van der Waals surface area contributed by atoms with Crippen molar-refractivity contribution in [1.29, 1.82) is 0 Å². The van der Waals surface area contributed by atoms with Crippen LogP contribution < -0.4 is 5.32 Å². The lowest BCUT2D eigenvalue weighted by Crippen LogP contribution is -2.48. The zero-order valence-corrected chi connectivity index (χ0v) is 17.9. The molecule has 0 aliphatic carbocycles. The van der Waals surface area contributed by atoms with E-state index in [0.717, 1.165) is 37.0 Å². The van der Waals surface area contributed by atoms with E-state index >= 15 is 0 Å². The predicted octanol–water partition coefficient (Wildman–Crippen LogP) is 3.66. The van der Waals surface area contributed by atoms with Crippen LogP contribution in [-0.4, -0.2) is 49.3 Å². The van der Waals surface area contributed by atoms with Gasteiger partial charge >= 0.3 is 0 Å². The number of ether oxygens (including phenoxy) is 1. The zero-order valence-electron chi connectivity index (χ0n) is 17.9. The van der Waals surface area contributed by atoms with Gasteiger partial charge in [0.05, 0.1) is 18.8 Å². The van der Waals surface area contributed by atoms with Crippen molar-refractivity contribution in [3.63, 3.8) is 0 Å². The van der Waals surface area contributed by atoms with Crippen LogP contribution in [0.5, 0.6) is 0 Å². The number of hydrogen-bond donors (Lipinski definition) is 1. The third-order valence-corrected chi connectivity index (χ3v) is 5.50. The van der Waals surface area contributed by atoms with Crippen molar-refractivity contribution in [2.24, 2.45) is 4.99 Å². The van der Waals surface area contributed by atoms with Gasteiger partial charge in [-0.3, -0.25) is 4.99 Å². The summed E-state index contributed by atoms with van der Waals surface area (Å²) < 4.78 is 11.4. The highest BCUT2D eigenvalue weighted by atomic mass is 16.5. The second-order valence-corrected chi connectivity index (χ2v) is 7.73. The van der Waals surface area contributed by atoms with Gasteiger partial charge in [-0.25, -0.2) is 0 Å². The van der Waals surface area contributed by atoms with Crippen LogP contribution in [0.3, 0.4) is 0 Å². The Bertz CT molecular complexity index is 824. The molecule has 1 aliphatic rings. The van der Waals surface area contributed by atoms with Crippen molar-refractivity contribution >= 4 is 5.96 Å². The van der Waals surface area contributed by atoms with Gasteiger partial charge in [-0.15, -0.1) is 0 Å². The van der Waals surface area contributed by atoms with E-state index in [1.165, 1.54) is 22.3 Å². The molecule has 0 spiro atoms. The highest BCUT2D eigenvalue weighted by Crippen LogP contribution is 2.26. The van der Waals surface area contributed by atoms with Crippen LogP contribution in [0, 0.1) is 27.7 Å². The van der Waals surface area contributed by atoms with E-state index in [2.05, 4.69) is 59.3 Å². The Hall–Kier alpha value is -2.34. The average Bonchev–Trinajstić information content (AvgIpc) is 3.00. The van der Waals surface area contributed by atoms with Gasteiger partial charge in [0.25, 0.3) is 0 Å². The molecule has 1 aromatic carbocycles. The van der Waals surface area contributed by atoms with Crippen LogP contribution in [0.25, 0.3) is 0 Å². The molecule has 1 aliphatic heterocycles. The molecule has 1 saturated heterocycles. The summed E-state index contributed by atoms with van der Waals surface area (Å²) in [5.74, 6) is 2.10. The topological polar surface area (TPSA) is 62.9 Å². The lowest BCUT2D eigenvalue weighted by molar-refractivity contribution is -0.00832. The van der Waals surface area contributed by atoms with E-state index < -0.39 is 0 Å². The number of hydrogen-bond acceptors (Lipinski definition) is 4. The Balaban J connectivity index is 1.65. The fraction of sp³-hybridized carbons (Fsp3) is 0.545. The van der Waals surface area contributed by atoms with Crippen LogP contribution in [0.1, 0.15) is 52.7 Å². The van der Waals surface area contributed by atoms with Gasteiger partial charge in [-0.05, 0) is 38.8 Å². The first kappa shape index (κ1) is 20.4. The Morgan fingerprint density at radius 1 is 1.32 bits per heavy atom. The fourth-order valence-corrected chi connectivity index (χ4v) is 4.09. The Kier molecular flexibility index (Phi) is 6.39. The Morgan fingerprint density at radius 3 is 2.75 bits per heavy atom. The number of aliphatic imine (C=N–C) groups is 1. The van der Waals surface area contributed by atoms with Crippen LogP contribution in [0.15, 0.2) is 27.7 Å². The first-order valence-corrected chi connectivity index (χ1v) is 9.97. The summed E-state index contributed by atoms with van der Waals surface area (Å²) in [5.41, 5.74) is 5.96. The summed E-state index contributed by atoms with van der Waals surface area (Å²) >= 11 is 0. The zero-order chi connectivity index (χ0) is 20.3. The predicted molar refractivity (Wildman–Crippen MR) is 112 cm³/mol. The van der Waals surface area contributed by atoms with Gasteiger partial charge in [-0.1, -0.05) is 35.8 Å². The van der Waals surface area contributed by atoms with Crippen molar-refractivity contribution in [2.45, 2.75) is 46.6 Å². The smallest absolute Gasteiger partial charge is 0.193 e. The molecular formula is C22H32N4O2. The largest absolute Gasteiger partial charge is 0.370 e. The SMILES string of the molecule is CN=C(NCC(C)c1c(C)noc1C)N1CCOC(c2ccc(C)cc2C)C1. The van der Waals surface area contributed by atoms with Gasteiger partial charge in [0.2, 0.25) is 0 Å². The molecule has 6 nitrogen and oxygen atoms in total. The summed E-state index contributed by atoms with van der Waals surface area (Å²) in [7, 11) is 1.84. The number of aromatic nitrogens is 1. The van der Waals surface area contributed by atoms with E-state index in [1.54, 1.807) is 0 Å². The van der Waals surface area contributed by atoms with Crippen molar-refractivity contribution < 1.29 is 9.26 Å². The number of guanidine groups is 1. The molecule has 1 fully saturated rings. The molecule has 152 valence electrons. The summed E-state index contributed by atoms with van der Waals surface area (Å²) in [4.78, 5) is 6.80. The van der Waals surface area contributed by atoms with E-state index in [4.69, 9.17) is 9.26 Å². The van der Waals surface area contributed by atoms with Crippen molar-refractivity contribution in [2.75, 3.05) is 33.3 Å². The minimum absolute atomic E-state index is 0.0629. The van der Waals surface area contributed by atoms with E-state index in [1.807, 2.05) is 20.9 Å². The molecule has 0 bridgehead atoms. The molecule has 1 N–H and O–H groups in total. The summed E-state index contributed by atoms with van der Waals surface area (Å²) in [5, 5.41) is 7.60. The number of rotatable bonds is 4. The van der Waals surface area contributed by atoms with Crippen molar-refractivity contribution in [1.82, 2.24) is 15.4 Å². The second-order valence-electron chi connectivity index (χ2n) is 7.73. The van der Waals surface area contributed by atoms with Gasteiger partial charge in [0.15, 0.2) is 5.96 Å². The maximum absolute atomic E-state index is 6.08. The third kappa shape index (κ3) is 4.38. The highest BCUT2D eigenvalue weighted by molar-refractivity contribution is 5.80. The maximum atomic E-state index is 6.08. The van der Waals surface area contributed by atoms with Crippen LogP contribution in [0.2, 0.25) is 0 Å². The first-order valence-electron chi connectivity index (χ1n) is 9.97. The first-order chi connectivity index (χ1) is 13.4. The lowest BCUT2D eigenvalue weighted by atomic mass is 9.99. The number of morpholine rings is 1. The summed E-state index contributed by atoms with van der Waals surface area (Å²) in [6.45, 7) is 13.5. The molecule has 6 heteroatoms. The number of nitrogens with zero attached hydrogens (tertiary/aromatic N) is 3. The van der Waals surface area contributed by atoms with Gasteiger partial charge in [-0.2, -0.15) is 0 Å². The van der Waals surface area contributed by atoms with E-state index in [9.17, 15) is 0 Å². The molecule has 28 heavy (non-hydrogen) atoms. The molecular weight excluding hydrogens is 352 g/mol. The quantitative estimate of drug-likeness (QED) is 0.644. The third-order valence-electron chi connectivity index (χ3n) is 5.50. The van der Waals surface area contributed by atoms with E-state index in [0.29, 0.717) is 12.5 Å². The molecule has 2 heterocycles. The van der Waals surface area contributed by atoms with Crippen LogP contribution >= 0.6 is 0 Å². The summed E-state index contributed by atoms with van der Waals surface area (Å²) in [6.07, 6.45) is 0.0629. The molecule has 0 saturated carbocycles. The molecule has 1 aromatic heterocycles. The standard InChI is InChI=1S/C22H32N4O2/c1-14-7-8-19(15(2)11-14)20-13-26(9-10-27-20)22(23-6)24-12-16(3)21-17(4)25-28-18(21)5/h7-8,11,16,20H,9-10,12-13H2,1-6H3,(H,23,24). The molecule has 0 amide bonds.